The van der Waals surface area contributed by atoms with Gasteiger partial charge in [0.1, 0.15) is 35.6 Å². The van der Waals surface area contributed by atoms with Gasteiger partial charge in [-0.05, 0) is 48.4 Å². The summed E-state index contributed by atoms with van der Waals surface area (Å²) in [7, 11) is 5.06. The Morgan fingerprint density at radius 1 is 1.02 bits per heavy atom. The molecule has 6 rings (SSSR count). The highest BCUT2D eigenvalue weighted by molar-refractivity contribution is 5.94. The van der Waals surface area contributed by atoms with Crippen LogP contribution in [0.5, 0.6) is 17.2 Å². The molecule has 2 atom stereocenters. The van der Waals surface area contributed by atoms with Crippen molar-refractivity contribution < 1.29 is 24.1 Å². The summed E-state index contributed by atoms with van der Waals surface area (Å²) in [6, 6.07) is 11.5. The second kappa shape index (κ2) is 13.8. The number of H-pyrrole nitrogens is 1. The Labute approximate surface area is 267 Å². The number of amides is 1. The van der Waals surface area contributed by atoms with E-state index in [-0.39, 0.29) is 17.5 Å². The summed E-state index contributed by atoms with van der Waals surface area (Å²) in [5.74, 6) is 2.13. The Morgan fingerprint density at radius 2 is 1.72 bits per heavy atom. The molecule has 0 spiro atoms. The van der Waals surface area contributed by atoms with Gasteiger partial charge in [0.2, 0.25) is 5.91 Å². The molecule has 0 saturated carbocycles. The van der Waals surface area contributed by atoms with Gasteiger partial charge in [0, 0.05) is 75.6 Å². The Hall–Kier alpha value is -4.59. The van der Waals surface area contributed by atoms with E-state index in [0.29, 0.717) is 31.5 Å². The van der Waals surface area contributed by atoms with Gasteiger partial charge in [0.25, 0.3) is 5.56 Å². The molecule has 2 aromatic heterocycles. The van der Waals surface area contributed by atoms with Gasteiger partial charge in [-0.25, -0.2) is 0 Å². The molecule has 0 aliphatic carbocycles. The largest absolute Gasteiger partial charge is 0.496 e. The molecule has 2 aliphatic rings. The monoisotopic (exact) mass is 631 g/mol. The maximum absolute atomic E-state index is 12.5. The average molecular weight is 632 g/mol. The number of methoxy groups -OCH3 is 2. The maximum atomic E-state index is 12.5. The second-order valence-electron chi connectivity index (χ2n) is 11.8. The van der Waals surface area contributed by atoms with Gasteiger partial charge in [-0.15, -0.1) is 0 Å². The van der Waals surface area contributed by atoms with Crippen LogP contribution >= 0.6 is 0 Å². The fourth-order valence-corrected chi connectivity index (χ4v) is 6.16. The quantitative estimate of drug-likeness (QED) is 0.194. The molecule has 0 bridgehead atoms. The van der Waals surface area contributed by atoms with Crippen molar-refractivity contribution in [3.8, 4) is 28.4 Å². The Kier molecular flexibility index (Phi) is 9.43. The van der Waals surface area contributed by atoms with E-state index in [1.54, 1.807) is 32.0 Å². The van der Waals surface area contributed by atoms with E-state index in [1.165, 1.54) is 0 Å². The number of hydrogen-bond donors (Lipinski definition) is 4. The van der Waals surface area contributed by atoms with Gasteiger partial charge in [-0.1, -0.05) is 0 Å². The molecular weight excluding hydrogens is 590 g/mol. The molecule has 244 valence electrons. The number of nitrogens with zero attached hydrogens (tertiary/aromatic N) is 4. The van der Waals surface area contributed by atoms with Gasteiger partial charge < -0.3 is 34.5 Å². The number of hydrogen-bond acceptors (Lipinski definition) is 10. The summed E-state index contributed by atoms with van der Waals surface area (Å²) >= 11 is 0. The number of fused-ring (bicyclic) bond motifs is 1. The summed E-state index contributed by atoms with van der Waals surface area (Å²) in [4.78, 5) is 28.8. The van der Waals surface area contributed by atoms with Crippen molar-refractivity contribution in [3.63, 3.8) is 0 Å². The molecule has 2 unspecified atom stereocenters. The highest BCUT2D eigenvalue weighted by Gasteiger charge is 2.27. The van der Waals surface area contributed by atoms with Crippen LogP contribution in [-0.4, -0.2) is 101 Å². The maximum Gasteiger partial charge on any atom is 0.276 e. The molecule has 2 aliphatic heterocycles. The lowest BCUT2D eigenvalue weighted by Gasteiger charge is -2.35. The van der Waals surface area contributed by atoms with Crippen LogP contribution in [0.1, 0.15) is 18.4 Å². The van der Waals surface area contributed by atoms with E-state index in [2.05, 4.69) is 30.6 Å². The third kappa shape index (κ3) is 6.81. The minimum absolute atomic E-state index is 0.126. The molecule has 0 radical (unpaired) electrons. The van der Waals surface area contributed by atoms with Crippen molar-refractivity contribution >= 4 is 22.5 Å². The number of carbonyl (C=O) groups excluding carboxylic acids is 1. The first-order valence-electron chi connectivity index (χ1n) is 15.5. The molecule has 13 nitrogen and oxygen atoms in total. The van der Waals surface area contributed by atoms with Gasteiger partial charge in [-0.3, -0.25) is 24.5 Å². The second-order valence-corrected chi connectivity index (χ2v) is 11.8. The number of carbonyl (C=O) groups is 1. The van der Waals surface area contributed by atoms with E-state index in [1.807, 2.05) is 42.6 Å². The van der Waals surface area contributed by atoms with Crippen molar-refractivity contribution in [3.05, 3.63) is 64.7 Å². The van der Waals surface area contributed by atoms with E-state index >= 15 is 0 Å². The molecule has 2 fully saturated rings. The Balaban J connectivity index is 1.01. The van der Waals surface area contributed by atoms with E-state index in [4.69, 9.17) is 14.2 Å². The number of pyridine rings is 1. The smallest absolute Gasteiger partial charge is 0.276 e. The number of aliphatic hydroxyl groups excluding tert-OH is 1. The van der Waals surface area contributed by atoms with Crippen LogP contribution in [0, 0.1) is 0 Å². The van der Waals surface area contributed by atoms with Crippen molar-refractivity contribution in [1.82, 2.24) is 29.9 Å². The molecule has 1 amide bonds. The fourth-order valence-electron chi connectivity index (χ4n) is 6.16. The predicted molar refractivity (Wildman–Crippen MR) is 174 cm³/mol. The lowest BCUT2D eigenvalue weighted by atomic mass is 10.00. The summed E-state index contributed by atoms with van der Waals surface area (Å²) in [5.41, 5.74) is 3.94. The highest BCUT2D eigenvalue weighted by Crippen LogP contribution is 2.37. The van der Waals surface area contributed by atoms with E-state index in [9.17, 15) is 14.7 Å². The highest BCUT2D eigenvalue weighted by atomic mass is 16.5. The molecular formula is C33H41N7O6. The Bertz CT molecular complexity index is 1700. The van der Waals surface area contributed by atoms with Gasteiger partial charge >= 0.3 is 0 Å². The van der Waals surface area contributed by atoms with Gasteiger partial charge in [0.15, 0.2) is 0 Å². The molecule has 4 N–H and O–H groups in total. The van der Waals surface area contributed by atoms with Crippen LogP contribution < -0.4 is 30.4 Å². The lowest BCUT2D eigenvalue weighted by Crippen LogP contribution is -2.51. The topological polar surface area (TPSA) is 146 Å². The minimum Gasteiger partial charge on any atom is -0.496 e. The summed E-state index contributed by atoms with van der Waals surface area (Å²) < 4.78 is 19.3. The standard InChI is InChI=1S/C33H41N7O6/c1-38-19-25(24-18-34-37-31(24)33(38)43)21-16-28(44-2)26(29(17-21)45-3)20-40-12-10-39(11-13-40)14-15-46-23-6-4-22(5-7-23)35-27-8-9-30(41)36-32(27)42/h4-7,16-19,27,32,35,42H,8-15,20H2,1-3H3,(H,34,37)(H,36,41). The number of ether oxygens (including phenoxy) is 3. The summed E-state index contributed by atoms with van der Waals surface area (Å²) in [5, 5.41) is 23.6. The molecule has 4 aromatic rings. The van der Waals surface area contributed by atoms with Crippen LogP contribution in [0.25, 0.3) is 22.0 Å². The Morgan fingerprint density at radius 3 is 2.39 bits per heavy atom. The summed E-state index contributed by atoms with van der Waals surface area (Å²) in [6.07, 6.45) is 3.58. The zero-order valence-corrected chi connectivity index (χ0v) is 26.4. The third-order valence-corrected chi connectivity index (χ3v) is 8.81. The SMILES string of the molecule is COc1cc(-c2cn(C)c(=O)c3[nH]ncc23)cc(OC)c1CN1CCN(CCOc2ccc(NC3CCC(=O)NC3O)cc2)CC1. The predicted octanol–water partition coefficient (Wildman–Crippen LogP) is 2.15. The van der Waals surface area contributed by atoms with Crippen LogP contribution in [0.2, 0.25) is 0 Å². The number of aryl methyl sites for hydroxylation is 1. The van der Waals surface area contributed by atoms with E-state index in [0.717, 1.165) is 77.7 Å². The molecule has 13 heteroatoms. The minimum atomic E-state index is -0.894. The summed E-state index contributed by atoms with van der Waals surface area (Å²) in [6.45, 7) is 5.74. The molecule has 46 heavy (non-hydrogen) atoms. The van der Waals surface area contributed by atoms with Crippen LogP contribution in [-0.2, 0) is 18.4 Å². The average Bonchev–Trinajstić information content (AvgIpc) is 3.56. The number of benzene rings is 2. The van der Waals surface area contributed by atoms with Gasteiger partial charge in [-0.2, -0.15) is 5.10 Å². The molecule has 2 saturated heterocycles. The third-order valence-electron chi connectivity index (χ3n) is 8.81. The number of anilines is 1. The first-order valence-corrected chi connectivity index (χ1v) is 15.5. The number of rotatable bonds is 11. The number of aromatic amines is 1. The first kappa shape index (κ1) is 31.4. The number of piperazine rings is 1. The first-order chi connectivity index (χ1) is 22.3. The number of nitrogens with one attached hydrogen (secondary N) is 3. The number of aromatic nitrogens is 3. The van der Waals surface area contributed by atoms with Crippen molar-refractivity contribution in [2.45, 2.75) is 31.7 Å². The van der Waals surface area contributed by atoms with Gasteiger partial charge in [0.05, 0.1) is 32.0 Å². The van der Waals surface area contributed by atoms with Crippen molar-refractivity contribution in [1.29, 1.82) is 0 Å². The van der Waals surface area contributed by atoms with E-state index < -0.39 is 6.23 Å². The van der Waals surface area contributed by atoms with Crippen molar-refractivity contribution in [2.24, 2.45) is 7.05 Å². The fraction of sp³-hybridized carbons (Fsp3) is 0.424. The molecule has 2 aromatic carbocycles. The van der Waals surface area contributed by atoms with Crippen molar-refractivity contribution in [2.75, 3.05) is 58.9 Å². The normalized spacial score (nSPS) is 19.2. The van der Waals surface area contributed by atoms with Crippen LogP contribution in [0.4, 0.5) is 5.69 Å². The van der Waals surface area contributed by atoms with Crippen LogP contribution in [0.15, 0.2) is 53.6 Å². The number of aliphatic hydroxyl groups is 1. The zero-order chi connectivity index (χ0) is 32.2. The zero-order valence-electron chi connectivity index (χ0n) is 26.4. The van der Waals surface area contributed by atoms with Crippen LogP contribution in [0.3, 0.4) is 0 Å². The lowest BCUT2D eigenvalue weighted by molar-refractivity contribution is -0.126. The number of piperidine rings is 1. The molecule has 4 heterocycles.